The molecule has 0 aliphatic carbocycles. The third kappa shape index (κ3) is 6.75. The summed E-state index contributed by atoms with van der Waals surface area (Å²) < 4.78 is 31.3. The third-order valence-electron chi connectivity index (χ3n) is 6.05. The SMILES string of the molecule is C=C[C@H](CC(=O)OCC)c1ccc(OCc2ccc(C(C)(C)C)c(-c3cc(OC)ccc3F)c2)cc1. The molecule has 0 amide bonds. The molecular weight excluding hydrogens is 455 g/mol. The van der Waals surface area contributed by atoms with E-state index in [4.69, 9.17) is 14.2 Å². The average molecular weight is 491 g/mol. The van der Waals surface area contributed by atoms with Crippen LogP contribution in [0.1, 0.15) is 56.7 Å². The van der Waals surface area contributed by atoms with Gasteiger partial charge in [0.05, 0.1) is 20.1 Å². The highest BCUT2D eigenvalue weighted by Gasteiger charge is 2.21. The minimum absolute atomic E-state index is 0.122. The molecule has 190 valence electrons. The molecule has 1 atom stereocenters. The molecule has 0 unspecified atom stereocenters. The first kappa shape index (κ1) is 27.0. The van der Waals surface area contributed by atoms with E-state index in [0.29, 0.717) is 30.3 Å². The summed E-state index contributed by atoms with van der Waals surface area (Å²) in [5, 5.41) is 0. The van der Waals surface area contributed by atoms with Crippen molar-refractivity contribution in [2.45, 2.75) is 52.1 Å². The molecule has 5 heteroatoms. The number of rotatable bonds is 10. The zero-order valence-electron chi connectivity index (χ0n) is 21.8. The number of ether oxygens (including phenoxy) is 3. The van der Waals surface area contributed by atoms with E-state index in [1.54, 1.807) is 32.2 Å². The largest absolute Gasteiger partial charge is 0.497 e. The minimum atomic E-state index is -0.297. The number of esters is 1. The summed E-state index contributed by atoms with van der Waals surface area (Å²) in [7, 11) is 1.57. The van der Waals surface area contributed by atoms with E-state index in [1.807, 2.05) is 42.5 Å². The number of halogens is 1. The average Bonchev–Trinajstić information content (AvgIpc) is 2.86. The smallest absolute Gasteiger partial charge is 0.306 e. The van der Waals surface area contributed by atoms with Crippen molar-refractivity contribution in [3.63, 3.8) is 0 Å². The van der Waals surface area contributed by atoms with Gasteiger partial charge in [-0.15, -0.1) is 6.58 Å². The molecule has 0 bridgehead atoms. The highest BCUT2D eigenvalue weighted by molar-refractivity contribution is 5.72. The zero-order chi connectivity index (χ0) is 26.3. The first-order chi connectivity index (χ1) is 17.2. The Hall–Kier alpha value is -3.60. The summed E-state index contributed by atoms with van der Waals surface area (Å²) in [6.45, 7) is 12.7. The van der Waals surface area contributed by atoms with Gasteiger partial charge < -0.3 is 14.2 Å². The molecule has 3 rings (SSSR count). The van der Waals surface area contributed by atoms with E-state index in [0.717, 1.165) is 22.3 Å². The van der Waals surface area contributed by atoms with E-state index in [1.165, 1.54) is 6.07 Å². The van der Waals surface area contributed by atoms with E-state index in [9.17, 15) is 9.18 Å². The van der Waals surface area contributed by atoms with Gasteiger partial charge in [0.2, 0.25) is 0 Å². The van der Waals surface area contributed by atoms with Crippen LogP contribution < -0.4 is 9.47 Å². The van der Waals surface area contributed by atoms with E-state index >= 15 is 0 Å². The normalized spacial score (nSPS) is 12.1. The molecule has 0 heterocycles. The molecule has 0 saturated heterocycles. The van der Waals surface area contributed by atoms with Gasteiger partial charge in [-0.05, 0) is 71.0 Å². The van der Waals surface area contributed by atoms with Crippen molar-refractivity contribution in [3.8, 4) is 22.6 Å². The van der Waals surface area contributed by atoms with Gasteiger partial charge in [-0.1, -0.05) is 51.1 Å². The molecule has 0 fully saturated rings. The summed E-state index contributed by atoms with van der Waals surface area (Å²) in [5.41, 5.74) is 4.09. The fourth-order valence-electron chi connectivity index (χ4n) is 4.11. The highest BCUT2D eigenvalue weighted by Crippen LogP contribution is 2.37. The van der Waals surface area contributed by atoms with Gasteiger partial charge in [0.25, 0.3) is 0 Å². The van der Waals surface area contributed by atoms with Crippen LogP contribution in [0.5, 0.6) is 11.5 Å². The van der Waals surface area contributed by atoms with Crippen molar-refractivity contribution < 1.29 is 23.4 Å². The molecule has 0 aliphatic heterocycles. The van der Waals surface area contributed by atoms with Gasteiger partial charge in [0, 0.05) is 11.5 Å². The van der Waals surface area contributed by atoms with Crippen LogP contribution >= 0.6 is 0 Å². The maximum absolute atomic E-state index is 14.9. The van der Waals surface area contributed by atoms with Gasteiger partial charge in [-0.3, -0.25) is 4.79 Å². The Kier molecular flexibility index (Phi) is 8.92. The lowest BCUT2D eigenvalue weighted by Crippen LogP contribution is -2.13. The molecule has 3 aromatic carbocycles. The molecule has 4 nitrogen and oxygen atoms in total. The third-order valence-corrected chi connectivity index (χ3v) is 6.05. The van der Waals surface area contributed by atoms with E-state index < -0.39 is 0 Å². The van der Waals surface area contributed by atoms with Gasteiger partial charge in [-0.2, -0.15) is 0 Å². The molecule has 36 heavy (non-hydrogen) atoms. The second kappa shape index (κ2) is 11.9. The minimum Gasteiger partial charge on any atom is -0.497 e. The maximum Gasteiger partial charge on any atom is 0.306 e. The van der Waals surface area contributed by atoms with Crippen molar-refractivity contribution in [2.75, 3.05) is 13.7 Å². The fourth-order valence-corrected chi connectivity index (χ4v) is 4.11. The predicted molar refractivity (Wildman–Crippen MR) is 142 cm³/mol. The molecular formula is C31H35FO4. The Bertz CT molecular complexity index is 1190. The lowest BCUT2D eigenvalue weighted by atomic mass is 9.81. The number of hydrogen-bond donors (Lipinski definition) is 0. The number of carbonyl (C=O) groups excluding carboxylic acids is 1. The van der Waals surface area contributed by atoms with Gasteiger partial charge in [-0.25, -0.2) is 4.39 Å². The number of methoxy groups -OCH3 is 1. The van der Waals surface area contributed by atoms with Crippen molar-refractivity contribution in [2.24, 2.45) is 0 Å². The van der Waals surface area contributed by atoms with Crippen LogP contribution in [0.15, 0.2) is 73.3 Å². The van der Waals surface area contributed by atoms with Gasteiger partial charge in [0.15, 0.2) is 0 Å². The predicted octanol–water partition coefficient (Wildman–Crippen LogP) is 7.60. The van der Waals surface area contributed by atoms with Crippen LogP contribution in [0, 0.1) is 5.82 Å². The first-order valence-corrected chi connectivity index (χ1v) is 12.1. The Balaban J connectivity index is 1.81. The van der Waals surface area contributed by atoms with Crippen LogP contribution in [-0.4, -0.2) is 19.7 Å². The van der Waals surface area contributed by atoms with Crippen molar-refractivity contribution in [1.29, 1.82) is 0 Å². The summed E-state index contributed by atoms with van der Waals surface area (Å²) >= 11 is 0. The highest BCUT2D eigenvalue weighted by atomic mass is 19.1. The van der Waals surface area contributed by atoms with Crippen LogP contribution in [0.3, 0.4) is 0 Å². The maximum atomic E-state index is 14.9. The standard InChI is InChI=1S/C31H35FO4/c1-7-22(18-30(33)35-8-2)23-10-12-24(13-11-23)36-20-21-9-15-28(31(3,4)5)26(17-21)27-19-25(34-6)14-16-29(27)32/h7,9-17,19,22H,1,8,18,20H2,2-6H3/t22-/m1/s1. The van der Waals surface area contributed by atoms with Crippen LogP contribution in [0.2, 0.25) is 0 Å². The monoisotopic (exact) mass is 490 g/mol. The Morgan fingerprint density at radius 3 is 2.31 bits per heavy atom. The molecule has 0 spiro atoms. The van der Waals surface area contributed by atoms with Crippen molar-refractivity contribution in [1.82, 2.24) is 0 Å². The number of allylic oxidation sites excluding steroid dienone is 1. The summed E-state index contributed by atoms with van der Waals surface area (Å²) in [6, 6.07) is 18.5. The summed E-state index contributed by atoms with van der Waals surface area (Å²) in [4.78, 5) is 11.9. The lowest BCUT2D eigenvalue weighted by molar-refractivity contribution is -0.143. The first-order valence-electron chi connectivity index (χ1n) is 12.1. The molecule has 3 aromatic rings. The fraction of sp³-hybridized carbons (Fsp3) is 0.323. The van der Waals surface area contributed by atoms with Crippen molar-refractivity contribution in [3.05, 3.63) is 95.8 Å². The Morgan fingerprint density at radius 2 is 1.69 bits per heavy atom. The second-order valence-electron chi connectivity index (χ2n) is 9.68. The van der Waals surface area contributed by atoms with Crippen molar-refractivity contribution >= 4 is 5.97 Å². The number of benzene rings is 3. The van der Waals surface area contributed by atoms with E-state index in [-0.39, 0.29) is 29.5 Å². The summed E-state index contributed by atoms with van der Waals surface area (Å²) in [6.07, 6.45) is 2.00. The second-order valence-corrected chi connectivity index (χ2v) is 9.68. The van der Waals surface area contributed by atoms with Crippen LogP contribution in [0.25, 0.3) is 11.1 Å². The molecule has 0 aromatic heterocycles. The number of carbonyl (C=O) groups is 1. The van der Waals surface area contributed by atoms with Crippen LogP contribution in [0.4, 0.5) is 4.39 Å². The number of hydrogen-bond acceptors (Lipinski definition) is 4. The van der Waals surface area contributed by atoms with Crippen LogP contribution in [-0.2, 0) is 21.6 Å². The Morgan fingerprint density at radius 1 is 1.00 bits per heavy atom. The summed E-state index contributed by atoms with van der Waals surface area (Å²) in [5.74, 6) is 0.642. The van der Waals surface area contributed by atoms with E-state index in [2.05, 4.69) is 27.4 Å². The quantitative estimate of drug-likeness (QED) is 0.217. The van der Waals surface area contributed by atoms with Gasteiger partial charge >= 0.3 is 5.97 Å². The molecule has 0 radical (unpaired) electrons. The zero-order valence-corrected chi connectivity index (χ0v) is 21.8. The molecule has 0 aliphatic rings. The topological polar surface area (TPSA) is 44.8 Å². The Labute approximate surface area is 213 Å². The molecule has 0 N–H and O–H groups in total. The lowest BCUT2D eigenvalue weighted by Gasteiger charge is -2.24. The van der Waals surface area contributed by atoms with Gasteiger partial charge in [0.1, 0.15) is 23.9 Å². The molecule has 0 saturated carbocycles.